The van der Waals surface area contributed by atoms with Gasteiger partial charge in [-0.1, -0.05) is 17.7 Å². The third-order valence-corrected chi connectivity index (χ3v) is 5.97. The number of hydrogen-bond donors (Lipinski definition) is 0. The summed E-state index contributed by atoms with van der Waals surface area (Å²) < 4.78 is 6.16. The summed E-state index contributed by atoms with van der Waals surface area (Å²) in [5, 5.41) is 0.518. The van der Waals surface area contributed by atoms with Crippen molar-refractivity contribution in [2.45, 2.75) is 6.42 Å². The number of carbonyl (C=O) groups is 2. The van der Waals surface area contributed by atoms with Crippen molar-refractivity contribution in [1.29, 1.82) is 0 Å². The lowest BCUT2D eigenvalue weighted by Crippen LogP contribution is -2.51. The van der Waals surface area contributed by atoms with Gasteiger partial charge in [-0.05, 0) is 46.9 Å². The second kappa shape index (κ2) is 8.88. The molecular formula is C19H19ClIN3O3. The lowest BCUT2D eigenvalue weighted by atomic mass is 10.1. The largest absolute Gasteiger partial charge is 0.496 e. The zero-order valence-electron chi connectivity index (χ0n) is 14.8. The fourth-order valence-corrected chi connectivity index (χ4v) is 3.57. The van der Waals surface area contributed by atoms with Crippen molar-refractivity contribution in [1.82, 2.24) is 14.8 Å². The number of carbonyl (C=O) groups excluding carboxylic acids is 2. The lowest BCUT2D eigenvalue weighted by Gasteiger charge is -2.35. The summed E-state index contributed by atoms with van der Waals surface area (Å²) >= 11 is 8.28. The average Bonchev–Trinajstić information content (AvgIpc) is 2.70. The Kier molecular flexibility index (Phi) is 6.54. The van der Waals surface area contributed by atoms with Crippen LogP contribution in [0.1, 0.15) is 16.1 Å². The molecular weight excluding hydrogens is 481 g/mol. The first-order valence-corrected chi connectivity index (χ1v) is 9.95. The van der Waals surface area contributed by atoms with Gasteiger partial charge in [0.1, 0.15) is 5.75 Å². The molecule has 0 saturated carbocycles. The highest BCUT2D eigenvalue weighted by Crippen LogP contribution is 2.29. The summed E-state index contributed by atoms with van der Waals surface area (Å²) in [6.07, 6.45) is 1.95. The minimum absolute atomic E-state index is 0.0238. The number of pyridine rings is 1. The van der Waals surface area contributed by atoms with Crippen molar-refractivity contribution in [2.24, 2.45) is 0 Å². The number of benzene rings is 1. The maximum atomic E-state index is 12.9. The lowest BCUT2D eigenvalue weighted by molar-refractivity contribution is -0.132. The van der Waals surface area contributed by atoms with Gasteiger partial charge in [0.05, 0.1) is 24.1 Å². The van der Waals surface area contributed by atoms with Crippen molar-refractivity contribution < 1.29 is 14.3 Å². The van der Waals surface area contributed by atoms with Crippen molar-refractivity contribution in [3.8, 4) is 5.75 Å². The highest BCUT2D eigenvalue weighted by Gasteiger charge is 2.27. The number of nitrogens with zero attached hydrogens (tertiary/aromatic N) is 3. The van der Waals surface area contributed by atoms with E-state index in [4.69, 9.17) is 16.3 Å². The minimum Gasteiger partial charge on any atom is -0.496 e. The predicted octanol–water partition coefficient (Wildman–Crippen LogP) is 2.88. The fraction of sp³-hybridized carbons (Fsp3) is 0.316. The van der Waals surface area contributed by atoms with Crippen molar-refractivity contribution in [3.05, 3.63) is 56.4 Å². The van der Waals surface area contributed by atoms with E-state index in [9.17, 15) is 9.59 Å². The number of rotatable bonds is 4. The van der Waals surface area contributed by atoms with Crippen molar-refractivity contribution in [3.63, 3.8) is 0 Å². The summed E-state index contributed by atoms with van der Waals surface area (Å²) in [6, 6.07) is 8.92. The molecule has 0 aliphatic carbocycles. The summed E-state index contributed by atoms with van der Waals surface area (Å²) in [5.74, 6) is 0.389. The second-order valence-corrected chi connectivity index (χ2v) is 7.71. The Bertz CT molecular complexity index is 840. The number of amides is 2. The van der Waals surface area contributed by atoms with E-state index in [0.29, 0.717) is 42.5 Å². The first-order chi connectivity index (χ1) is 13.0. The summed E-state index contributed by atoms with van der Waals surface area (Å²) in [7, 11) is 1.53. The van der Waals surface area contributed by atoms with Crippen LogP contribution in [0.5, 0.6) is 5.75 Å². The Labute approximate surface area is 176 Å². The Morgan fingerprint density at radius 1 is 1.19 bits per heavy atom. The zero-order chi connectivity index (χ0) is 19.4. The molecule has 1 aliphatic rings. The van der Waals surface area contributed by atoms with E-state index in [-0.39, 0.29) is 18.2 Å². The molecule has 1 fully saturated rings. The summed E-state index contributed by atoms with van der Waals surface area (Å²) in [5.41, 5.74) is 1.19. The van der Waals surface area contributed by atoms with E-state index in [1.165, 1.54) is 7.11 Å². The van der Waals surface area contributed by atoms with Crippen molar-refractivity contribution in [2.75, 3.05) is 33.3 Å². The number of aromatic nitrogens is 1. The van der Waals surface area contributed by atoms with E-state index in [1.807, 2.05) is 18.2 Å². The number of piperazine rings is 1. The molecule has 1 aromatic carbocycles. The number of hydrogen-bond acceptors (Lipinski definition) is 4. The maximum Gasteiger partial charge on any atom is 0.257 e. The molecule has 1 saturated heterocycles. The Hall–Kier alpha value is -1.87. The van der Waals surface area contributed by atoms with Gasteiger partial charge in [-0.3, -0.25) is 14.6 Å². The summed E-state index contributed by atoms with van der Waals surface area (Å²) in [6.45, 7) is 1.94. The molecule has 0 spiro atoms. The van der Waals surface area contributed by atoms with Crippen LogP contribution >= 0.6 is 34.2 Å². The maximum absolute atomic E-state index is 12.9. The normalized spacial score (nSPS) is 14.2. The molecule has 1 aliphatic heterocycles. The van der Waals surface area contributed by atoms with Crippen LogP contribution in [0.2, 0.25) is 5.02 Å². The molecule has 0 radical (unpaired) electrons. The molecule has 0 unspecified atom stereocenters. The first-order valence-electron chi connectivity index (χ1n) is 8.49. The molecule has 2 heterocycles. The van der Waals surface area contributed by atoms with E-state index in [2.05, 4.69) is 27.6 Å². The van der Waals surface area contributed by atoms with Gasteiger partial charge < -0.3 is 14.5 Å². The molecule has 0 N–H and O–H groups in total. The fourth-order valence-electron chi connectivity index (χ4n) is 2.96. The Balaban J connectivity index is 1.63. The number of ether oxygens (including phenoxy) is 1. The molecule has 27 heavy (non-hydrogen) atoms. The predicted molar refractivity (Wildman–Crippen MR) is 111 cm³/mol. The van der Waals surface area contributed by atoms with Gasteiger partial charge in [0.25, 0.3) is 5.91 Å². The first kappa shape index (κ1) is 19.9. The molecule has 0 atom stereocenters. The number of methoxy groups -OCH3 is 1. The van der Waals surface area contributed by atoms with E-state index >= 15 is 0 Å². The van der Waals surface area contributed by atoms with Gasteiger partial charge in [-0.2, -0.15) is 0 Å². The van der Waals surface area contributed by atoms with Crippen LogP contribution in [0.4, 0.5) is 0 Å². The monoisotopic (exact) mass is 499 g/mol. The third kappa shape index (κ3) is 4.70. The highest BCUT2D eigenvalue weighted by molar-refractivity contribution is 14.1. The van der Waals surface area contributed by atoms with Crippen molar-refractivity contribution >= 4 is 46.0 Å². The molecule has 2 amide bonds. The second-order valence-electron chi connectivity index (χ2n) is 6.14. The van der Waals surface area contributed by atoms with Crippen LogP contribution < -0.4 is 4.74 Å². The molecule has 2 aromatic rings. The molecule has 6 nitrogen and oxygen atoms in total. The molecule has 0 bridgehead atoms. The van der Waals surface area contributed by atoms with Gasteiger partial charge in [0, 0.05) is 41.6 Å². The van der Waals surface area contributed by atoms with Gasteiger partial charge >= 0.3 is 0 Å². The van der Waals surface area contributed by atoms with Crippen LogP contribution in [-0.4, -0.2) is 59.9 Å². The van der Waals surface area contributed by atoms with Crippen LogP contribution in [-0.2, 0) is 11.2 Å². The third-order valence-electron chi connectivity index (χ3n) is 4.45. The Morgan fingerprint density at radius 2 is 1.89 bits per heavy atom. The minimum atomic E-state index is -0.137. The van der Waals surface area contributed by atoms with Gasteiger partial charge in [-0.15, -0.1) is 0 Å². The number of halogens is 2. The average molecular weight is 500 g/mol. The molecule has 142 valence electrons. The summed E-state index contributed by atoms with van der Waals surface area (Å²) in [4.78, 5) is 33.0. The van der Waals surface area contributed by atoms with E-state index in [1.54, 1.807) is 28.1 Å². The van der Waals surface area contributed by atoms with E-state index < -0.39 is 0 Å². The smallest absolute Gasteiger partial charge is 0.257 e. The molecule has 1 aromatic heterocycles. The van der Waals surface area contributed by atoms with Gasteiger partial charge in [0.15, 0.2) is 0 Å². The van der Waals surface area contributed by atoms with E-state index in [0.717, 1.165) is 9.26 Å². The quantitative estimate of drug-likeness (QED) is 0.607. The standard InChI is InChI=1S/C19H19ClIN3O3/c1-27-17-12-16(21)15(20)11-14(17)19(26)24-8-6-23(7-9-24)18(25)10-13-4-2-3-5-22-13/h2-5,11-12H,6-10H2,1H3. The van der Waals surface area contributed by atoms with Gasteiger partial charge in [0.2, 0.25) is 5.91 Å². The Morgan fingerprint density at radius 3 is 2.52 bits per heavy atom. The molecule has 3 rings (SSSR count). The topological polar surface area (TPSA) is 62.7 Å². The zero-order valence-corrected chi connectivity index (χ0v) is 17.7. The SMILES string of the molecule is COc1cc(I)c(Cl)cc1C(=O)N1CCN(C(=O)Cc2ccccn2)CC1. The van der Waals surface area contributed by atoms with Crippen LogP contribution in [0, 0.1) is 3.57 Å². The van der Waals surface area contributed by atoms with Gasteiger partial charge in [-0.25, -0.2) is 0 Å². The van der Waals surface area contributed by atoms with Crippen LogP contribution in [0.25, 0.3) is 0 Å². The highest BCUT2D eigenvalue weighted by atomic mass is 127. The van der Waals surface area contributed by atoms with Crippen LogP contribution in [0.3, 0.4) is 0 Å². The van der Waals surface area contributed by atoms with Crippen LogP contribution in [0.15, 0.2) is 36.5 Å². The molecule has 8 heteroatoms.